The number of halogens is 1. The lowest BCUT2D eigenvalue weighted by Crippen LogP contribution is -2.08. The molecular formula is C12H11ClN4S. The molecule has 0 aromatic carbocycles. The van der Waals surface area contributed by atoms with Crippen molar-refractivity contribution in [1.29, 1.82) is 5.26 Å². The van der Waals surface area contributed by atoms with Gasteiger partial charge in [-0.2, -0.15) is 5.26 Å². The number of thiophene rings is 1. The highest BCUT2D eigenvalue weighted by molar-refractivity contribution is 7.16. The fourth-order valence-electron chi connectivity index (χ4n) is 1.48. The first kappa shape index (κ1) is 12.7. The average molecular weight is 279 g/mol. The van der Waals surface area contributed by atoms with Gasteiger partial charge in [0.25, 0.3) is 0 Å². The number of nitrogens with one attached hydrogen (secondary N) is 1. The van der Waals surface area contributed by atoms with Crippen LogP contribution in [0.4, 0.5) is 11.5 Å². The van der Waals surface area contributed by atoms with Gasteiger partial charge >= 0.3 is 0 Å². The third-order valence-corrected chi connectivity index (χ3v) is 3.63. The smallest absolute Gasteiger partial charge is 0.149 e. The number of hydrogen-bond donors (Lipinski definition) is 2. The minimum atomic E-state index is 0.461. The minimum Gasteiger partial charge on any atom is -0.396 e. The van der Waals surface area contributed by atoms with Gasteiger partial charge in [-0.3, -0.25) is 0 Å². The molecule has 4 nitrogen and oxygen atoms in total. The summed E-state index contributed by atoms with van der Waals surface area (Å²) in [5.41, 5.74) is 6.73. The Balaban J connectivity index is 1.92. The van der Waals surface area contributed by atoms with E-state index in [2.05, 4.69) is 10.3 Å². The van der Waals surface area contributed by atoms with Gasteiger partial charge in [-0.05, 0) is 24.6 Å². The molecule has 2 heterocycles. The van der Waals surface area contributed by atoms with Crippen LogP contribution in [-0.2, 0) is 6.42 Å². The van der Waals surface area contributed by atoms with Crippen molar-refractivity contribution in [2.24, 2.45) is 0 Å². The van der Waals surface area contributed by atoms with Gasteiger partial charge in [0, 0.05) is 17.6 Å². The molecule has 0 spiro atoms. The molecule has 3 N–H and O–H groups in total. The maximum absolute atomic E-state index is 8.70. The van der Waals surface area contributed by atoms with Gasteiger partial charge in [0.05, 0.1) is 15.6 Å². The SMILES string of the molecule is N#Cc1cnc(NCCc2ccc(Cl)s2)c(N)c1. The highest BCUT2D eigenvalue weighted by Gasteiger charge is 2.03. The second-order valence-electron chi connectivity index (χ2n) is 3.66. The van der Waals surface area contributed by atoms with Crippen LogP contribution in [0.15, 0.2) is 24.4 Å². The van der Waals surface area contributed by atoms with E-state index in [0.29, 0.717) is 17.1 Å². The fraction of sp³-hybridized carbons (Fsp3) is 0.167. The number of nitrogen functional groups attached to an aromatic ring is 1. The van der Waals surface area contributed by atoms with E-state index in [4.69, 9.17) is 22.6 Å². The summed E-state index contributed by atoms with van der Waals surface area (Å²) in [6.07, 6.45) is 2.36. The fourth-order valence-corrected chi connectivity index (χ4v) is 2.57. The van der Waals surface area contributed by atoms with Crippen LogP contribution in [0.2, 0.25) is 4.34 Å². The van der Waals surface area contributed by atoms with Gasteiger partial charge in [-0.15, -0.1) is 11.3 Å². The summed E-state index contributed by atoms with van der Waals surface area (Å²) in [4.78, 5) is 5.31. The predicted octanol–water partition coefficient (Wildman–Crippen LogP) is 2.90. The average Bonchev–Trinajstić information content (AvgIpc) is 2.77. The lowest BCUT2D eigenvalue weighted by atomic mass is 10.2. The Hall–Kier alpha value is -1.77. The normalized spacial score (nSPS) is 10.0. The summed E-state index contributed by atoms with van der Waals surface area (Å²) in [6, 6.07) is 7.49. The van der Waals surface area contributed by atoms with E-state index < -0.39 is 0 Å². The van der Waals surface area contributed by atoms with Crippen LogP contribution < -0.4 is 11.1 Å². The maximum atomic E-state index is 8.70. The molecule has 92 valence electrons. The second-order valence-corrected chi connectivity index (χ2v) is 5.46. The number of nitrogens with zero attached hydrogens (tertiary/aromatic N) is 2. The standard InChI is InChI=1S/C12H11ClN4S/c13-11-2-1-9(18-11)3-4-16-12-10(15)5-8(6-14)7-17-12/h1-2,5,7H,3-4,15H2,(H,16,17). The largest absolute Gasteiger partial charge is 0.396 e. The molecule has 0 aliphatic carbocycles. The molecule has 0 unspecified atom stereocenters. The second kappa shape index (κ2) is 5.71. The van der Waals surface area contributed by atoms with Crippen molar-refractivity contribution in [2.75, 3.05) is 17.6 Å². The molecule has 0 fully saturated rings. The van der Waals surface area contributed by atoms with E-state index in [9.17, 15) is 0 Å². The van der Waals surface area contributed by atoms with E-state index in [1.807, 2.05) is 18.2 Å². The van der Waals surface area contributed by atoms with Gasteiger partial charge in [0.2, 0.25) is 0 Å². The van der Waals surface area contributed by atoms with E-state index in [1.165, 1.54) is 11.1 Å². The van der Waals surface area contributed by atoms with E-state index in [0.717, 1.165) is 17.3 Å². The third-order valence-electron chi connectivity index (χ3n) is 2.34. The summed E-state index contributed by atoms with van der Waals surface area (Å²) in [7, 11) is 0. The summed E-state index contributed by atoms with van der Waals surface area (Å²) in [5, 5.41) is 11.8. The summed E-state index contributed by atoms with van der Waals surface area (Å²) in [6.45, 7) is 0.722. The Morgan fingerprint density at radius 1 is 1.50 bits per heavy atom. The van der Waals surface area contributed by atoms with Crippen molar-refractivity contribution < 1.29 is 0 Å². The Morgan fingerprint density at radius 3 is 2.94 bits per heavy atom. The highest BCUT2D eigenvalue weighted by Crippen LogP contribution is 2.22. The van der Waals surface area contributed by atoms with Crippen LogP contribution in [0.25, 0.3) is 0 Å². The quantitative estimate of drug-likeness (QED) is 0.902. The number of aromatic nitrogens is 1. The molecule has 0 bridgehead atoms. The number of nitriles is 1. The number of nitrogens with two attached hydrogens (primary N) is 1. The number of pyridine rings is 1. The van der Waals surface area contributed by atoms with Crippen molar-refractivity contribution in [3.63, 3.8) is 0 Å². The van der Waals surface area contributed by atoms with Crippen LogP contribution in [0.5, 0.6) is 0 Å². The molecule has 2 aromatic heterocycles. The van der Waals surface area contributed by atoms with Crippen molar-refractivity contribution in [1.82, 2.24) is 4.98 Å². The Kier molecular flexibility index (Phi) is 4.03. The molecule has 0 saturated heterocycles. The first-order valence-corrected chi connectivity index (χ1v) is 6.52. The van der Waals surface area contributed by atoms with Gasteiger partial charge < -0.3 is 11.1 Å². The third kappa shape index (κ3) is 3.13. The zero-order chi connectivity index (χ0) is 13.0. The minimum absolute atomic E-state index is 0.461. The lowest BCUT2D eigenvalue weighted by Gasteiger charge is -2.07. The van der Waals surface area contributed by atoms with Gasteiger partial charge in [0.1, 0.15) is 11.9 Å². The van der Waals surface area contributed by atoms with E-state index in [-0.39, 0.29) is 0 Å². The highest BCUT2D eigenvalue weighted by atomic mass is 35.5. The zero-order valence-electron chi connectivity index (χ0n) is 9.48. The van der Waals surface area contributed by atoms with E-state index >= 15 is 0 Å². The van der Waals surface area contributed by atoms with E-state index in [1.54, 1.807) is 17.4 Å². The molecule has 0 radical (unpaired) electrons. The number of hydrogen-bond acceptors (Lipinski definition) is 5. The van der Waals surface area contributed by atoms with Gasteiger partial charge in [-0.25, -0.2) is 4.98 Å². The Bertz CT molecular complexity index is 588. The van der Waals surface area contributed by atoms with Gasteiger partial charge in [-0.1, -0.05) is 11.6 Å². The molecule has 2 aromatic rings. The molecule has 0 amide bonds. The summed E-state index contributed by atoms with van der Waals surface area (Å²) >= 11 is 7.41. The van der Waals surface area contributed by atoms with Crippen molar-refractivity contribution in [3.8, 4) is 6.07 Å². The first-order chi connectivity index (χ1) is 8.69. The summed E-state index contributed by atoms with van der Waals surface area (Å²) < 4.78 is 0.793. The summed E-state index contributed by atoms with van der Waals surface area (Å²) in [5.74, 6) is 0.608. The van der Waals surface area contributed by atoms with Gasteiger partial charge in [0.15, 0.2) is 0 Å². The molecule has 0 aliphatic heterocycles. The molecule has 0 aliphatic rings. The number of rotatable bonds is 4. The van der Waals surface area contributed by atoms with Crippen molar-refractivity contribution >= 4 is 34.4 Å². The maximum Gasteiger partial charge on any atom is 0.149 e. The number of anilines is 2. The monoisotopic (exact) mass is 278 g/mol. The first-order valence-electron chi connectivity index (χ1n) is 5.33. The molecular weight excluding hydrogens is 268 g/mol. The molecule has 0 saturated carbocycles. The van der Waals surface area contributed by atoms with Crippen LogP contribution >= 0.6 is 22.9 Å². The Labute approximate surface area is 114 Å². The van der Waals surface area contributed by atoms with Crippen molar-refractivity contribution in [3.05, 3.63) is 39.2 Å². The van der Waals surface area contributed by atoms with Crippen LogP contribution in [0.1, 0.15) is 10.4 Å². The van der Waals surface area contributed by atoms with Crippen LogP contribution in [-0.4, -0.2) is 11.5 Å². The molecule has 18 heavy (non-hydrogen) atoms. The topological polar surface area (TPSA) is 74.7 Å². The predicted molar refractivity (Wildman–Crippen MR) is 74.9 cm³/mol. The molecule has 6 heteroatoms. The van der Waals surface area contributed by atoms with Crippen molar-refractivity contribution in [2.45, 2.75) is 6.42 Å². The molecule has 2 rings (SSSR count). The Morgan fingerprint density at radius 2 is 2.33 bits per heavy atom. The lowest BCUT2D eigenvalue weighted by molar-refractivity contribution is 1.03. The zero-order valence-corrected chi connectivity index (χ0v) is 11.1. The molecule has 0 atom stereocenters. The van der Waals surface area contributed by atoms with Crippen LogP contribution in [0, 0.1) is 11.3 Å². The van der Waals surface area contributed by atoms with Crippen LogP contribution in [0.3, 0.4) is 0 Å².